The van der Waals surface area contributed by atoms with Crippen molar-refractivity contribution in [3.05, 3.63) is 23.8 Å². The Hall–Kier alpha value is -0.850. The summed E-state index contributed by atoms with van der Waals surface area (Å²) in [6.45, 7) is 9.23. The van der Waals surface area contributed by atoms with E-state index in [1.54, 1.807) is 6.08 Å². The van der Waals surface area contributed by atoms with Crippen LogP contribution in [-0.4, -0.2) is 5.78 Å². The monoisotopic (exact) mass is 138 g/mol. The first-order valence-electron chi connectivity index (χ1n) is 3.37. The first-order valence-corrected chi connectivity index (χ1v) is 3.37. The second-order valence-corrected chi connectivity index (χ2v) is 2.54. The van der Waals surface area contributed by atoms with Crippen molar-refractivity contribution in [1.29, 1.82) is 0 Å². The second-order valence-electron chi connectivity index (χ2n) is 2.54. The lowest BCUT2D eigenvalue weighted by Crippen LogP contribution is -1.98. The molecule has 1 nitrogen and oxygen atoms in total. The number of hydrogen-bond acceptors (Lipinski definition) is 1. The van der Waals surface area contributed by atoms with Crippen LogP contribution in [0.25, 0.3) is 0 Å². The molecular weight excluding hydrogens is 124 g/mol. The van der Waals surface area contributed by atoms with Crippen LogP contribution in [0.5, 0.6) is 0 Å². The summed E-state index contributed by atoms with van der Waals surface area (Å²) in [6.07, 6.45) is 2.09. The summed E-state index contributed by atoms with van der Waals surface area (Å²) in [4.78, 5) is 11.1. The normalized spacial score (nSPS) is 8.70. The van der Waals surface area contributed by atoms with Gasteiger partial charge < -0.3 is 0 Å². The molecule has 0 aromatic heterocycles. The van der Waals surface area contributed by atoms with E-state index < -0.39 is 0 Å². The topological polar surface area (TPSA) is 17.1 Å². The van der Waals surface area contributed by atoms with Gasteiger partial charge in [-0.15, -0.1) is 6.58 Å². The minimum absolute atomic E-state index is 0.176. The van der Waals surface area contributed by atoms with Crippen molar-refractivity contribution in [3.63, 3.8) is 0 Å². The maximum absolute atomic E-state index is 11.1. The molecule has 0 aromatic rings. The van der Waals surface area contributed by atoms with Crippen LogP contribution < -0.4 is 0 Å². The van der Waals surface area contributed by atoms with Crippen LogP contribution in [0.1, 0.15) is 27.2 Å². The summed E-state index contributed by atoms with van der Waals surface area (Å²) in [5.41, 5.74) is 1.95. The van der Waals surface area contributed by atoms with Crippen LogP contribution in [0, 0.1) is 0 Å². The van der Waals surface area contributed by atoms with Crippen LogP contribution >= 0.6 is 0 Å². The van der Waals surface area contributed by atoms with Gasteiger partial charge in [0, 0.05) is 6.42 Å². The van der Waals surface area contributed by atoms with Crippen molar-refractivity contribution in [2.24, 2.45) is 0 Å². The fourth-order valence-corrected chi connectivity index (χ4v) is 0.563. The van der Waals surface area contributed by atoms with Crippen LogP contribution in [0.4, 0.5) is 0 Å². The van der Waals surface area contributed by atoms with Gasteiger partial charge >= 0.3 is 0 Å². The third-order valence-electron chi connectivity index (χ3n) is 1.50. The maximum atomic E-state index is 11.1. The Morgan fingerprint density at radius 2 is 1.90 bits per heavy atom. The fourth-order valence-electron chi connectivity index (χ4n) is 0.563. The summed E-state index contributed by atoms with van der Waals surface area (Å²) in [5, 5.41) is 0. The Balaban J connectivity index is 4.22. The zero-order valence-corrected chi connectivity index (χ0v) is 6.90. The molecule has 0 fully saturated rings. The van der Waals surface area contributed by atoms with Gasteiger partial charge in [0.05, 0.1) is 0 Å². The Morgan fingerprint density at radius 3 is 2.20 bits per heavy atom. The Kier molecular flexibility index (Phi) is 3.70. The van der Waals surface area contributed by atoms with Crippen LogP contribution in [0.15, 0.2) is 23.8 Å². The number of hydrogen-bond donors (Lipinski definition) is 0. The lowest BCUT2D eigenvalue weighted by Gasteiger charge is -1.98. The standard InChI is InChI=1S/C9H14O/c1-5-6-9(10)8(4)7(2)3/h5H,1,6H2,2-4H3. The molecule has 0 saturated heterocycles. The molecule has 0 atom stereocenters. The molecule has 0 radical (unpaired) electrons. The highest BCUT2D eigenvalue weighted by molar-refractivity contribution is 5.96. The van der Waals surface area contributed by atoms with Crippen molar-refractivity contribution < 1.29 is 4.79 Å². The van der Waals surface area contributed by atoms with Gasteiger partial charge in [0.25, 0.3) is 0 Å². The van der Waals surface area contributed by atoms with E-state index in [0.29, 0.717) is 6.42 Å². The number of carbonyl (C=O) groups is 1. The highest BCUT2D eigenvalue weighted by Gasteiger charge is 2.01. The molecule has 10 heavy (non-hydrogen) atoms. The average Bonchev–Trinajstić information content (AvgIpc) is 1.87. The molecule has 0 N–H and O–H groups in total. The largest absolute Gasteiger partial charge is 0.294 e. The number of carbonyl (C=O) groups excluding carboxylic acids is 1. The van der Waals surface area contributed by atoms with E-state index in [4.69, 9.17) is 0 Å². The fraction of sp³-hybridized carbons (Fsp3) is 0.444. The maximum Gasteiger partial charge on any atom is 0.162 e. The van der Waals surface area contributed by atoms with Gasteiger partial charge in [-0.05, 0) is 26.3 Å². The molecule has 0 heterocycles. The van der Waals surface area contributed by atoms with Crippen molar-refractivity contribution in [2.75, 3.05) is 0 Å². The van der Waals surface area contributed by atoms with E-state index in [9.17, 15) is 4.79 Å². The summed E-state index contributed by atoms with van der Waals surface area (Å²) >= 11 is 0. The molecule has 0 aliphatic heterocycles. The molecule has 0 aliphatic rings. The van der Waals surface area contributed by atoms with Crippen molar-refractivity contribution in [2.45, 2.75) is 27.2 Å². The first kappa shape index (κ1) is 9.15. The predicted molar refractivity (Wildman–Crippen MR) is 43.9 cm³/mol. The smallest absolute Gasteiger partial charge is 0.162 e. The summed E-state index contributed by atoms with van der Waals surface area (Å²) < 4.78 is 0. The van der Waals surface area contributed by atoms with Gasteiger partial charge in [-0.2, -0.15) is 0 Å². The Morgan fingerprint density at radius 1 is 1.40 bits per heavy atom. The molecule has 56 valence electrons. The van der Waals surface area contributed by atoms with Gasteiger partial charge in [0.1, 0.15) is 0 Å². The minimum atomic E-state index is 0.176. The average molecular weight is 138 g/mol. The molecule has 0 rings (SSSR count). The summed E-state index contributed by atoms with van der Waals surface area (Å²) in [6, 6.07) is 0. The quantitative estimate of drug-likeness (QED) is 0.432. The number of ketones is 1. The molecule has 0 unspecified atom stereocenters. The van der Waals surface area contributed by atoms with Crippen LogP contribution in [-0.2, 0) is 4.79 Å². The molecule has 0 saturated carbocycles. The molecule has 0 bridgehead atoms. The molecule has 0 aromatic carbocycles. The van der Waals surface area contributed by atoms with Gasteiger partial charge in [0.15, 0.2) is 5.78 Å². The van der Waals surface area contributed by atoms with E-state index in [1.165, 1.54) is 0 Å². The summed E-state index contributed by atoms with van der Waals surface area (Å²) in [7, 11) is 0. The highest BCUT2D eigenvalue weighted by Crippen LogP contribution is 2.05. The molecule has 0 aliphatic carbocycles. The lowest BCUT2D eigenvalue weighted by molar-refractivity contribution is -0.114. The van der Waals surface area contributed by atoms with E-state index >= 15 is 0 Å². The van der Waals surface area contributed by atoms with Crippen LogP contribution in [0.2, 0.25) is 0 Å². The van der Waals surface area contributed by atoms with E-state index in [2.05, 4.69) is 6.58 Å². The van der Waals surface area contributed by atoms with Crippen molar-refractivity contribution >= 4 is 5.78 Å². The second kappa shape index (κ2) is 4.04. The Bertz CT molecular complexity index is 171. The first-order chi connectivity index (χ1) is 4.59. The van der Waals surface area contributed by atoms with E-state index in [1.807, 2.05) is 20.8 Å². The number of allylic oxidation sites excluding steroid dienone is 3. The van der Waals surface area contributed by atoms with Gasteiger partial charge in [-0.3, -0.25) is 4.79 Å². The SMILES string of the molecule is C=CCC(=O)C(C)=C(C)C. The third kappa shape index (κ3) is 2.62. The molecule has 0 spiro atoms. The minimum Gasteiger partial charge on any atom is -0.294 e. The van der Waals surface area contributed by atoms with Crippen molar-refractivity contribution in [1.82, 2.24) is 0 Å². The number of Topliss-reactive ketones (excluding diaryl/α,β-unsaturated/α-hetero) is 1. The highest BCUT2D eigenvalue weighted by atomic mass is 16.1. The summed E-state index contributed by atoms with van der Waals surface area (Å²) in [5.74, 6) is 0.176. The van der Waals surface area contributed by atoms with Crippen molar-refractivity contribution in [3.8, 4) is 0 Å². The van der Waals surface area contributed by atoms with Gasteiger partial charge in [-0.1, -0.05) is 11.6 Å². The zero-order valence-electron chi connectivity index (χ0n) is 6.90. The lowest BCUT2D eigenvalue weighted by atomic mass is 10.1. The zero-order chi connectivity index (χ0) is 8.15. The van der Waals surface area contributed by atoms with E-state index in [-0.39, 0.29) is 5.78 Å². The number of rotatable bonds is 3. The molecular formula is C9H14O. The van der Waals surface area contributed by atoms with Gasteiger partial charge in [-0.25, -0.2) is 0 Å². The molecule has 1 heteroatoms. The molecule has 0 amide bonds. The van der Waals surface area contributed by atoms with E-state index in [0.717, 1.165) is 11.1 Å². The third-order valence-corrected chi connectivity index (χ3v) is 1.50. The van der Waals surface area contributed by atoms with Gasteiger partial charge in [0.2, 0.25) is 0 Å². The predicted octanol–water partition coefficient (Wildman–Crippen LogP) is 2.49. The van der Waals surface area contributed by atoms with Crippen LogP contribution in [0.3, 0.4) is 0 Å². The Labute approximate surface area is 62.4 Å².